The molecule has 1 fully saturated rings. The maximum absolute atomic E-state index is 12.7. The quantitative estimate of drug-likeness (QED) is 0.0673. The van der Waals surface area contributed by atoms with Gasteiger partial charge in [0.25, 0.3) is 0 Å². The Labute approximate surface area is 197 Å². The maximum atomic E-state index is 12.7. The number of nitrogens with one attached hydrogen (secondary N) is 2. The number of likely N-dealkylation sites (tertiary alicyclic amines) is 1. The second kappa shape index (κ2) is 14.5. The summed E-state index contributed by atoms with van der Waals surface area (Å²) < 4.78 is 0. The van der Waals surface area contributed by atoms with Crippen molar-refractivity contribution in [1.82, 2.24) is 15.5 Å². The number of aliphatic carboxylic acids is 1. The molecule has 1 heterocycles. The van der Waals surface area contributed by atoms with Gasteiger partial charge < -0.3 is 49.3 Å². The fraction of sp³-hybridized carbons (Fsp3) is 0.684. The smallest absolute Gasteiger partial charge is 0.326 e. The van der Waals surface area contributed by atoms with Crippen LogP contribution in [-0.4, -0.2) is 89.9 Å². The van der Waals surface area contributed by atoms with E-state index in [0.29, 0.717) is 38.8 Å². The Kier molecular flexibility index (Phi) is 12.1. The van der Waals surface area contributed by atoms with Crippen LogP contribution in [0.3, 0.4) is 0 Å². The topological polar surface area (TPSA) is 271 Å². The summed E-state index contributed by atoms with van der Waals surface area (Å²) in [5.74, 6) is -2.92. The molecular formula is C19H36N10O5. The van der Waals surface area contributed by atoms with Crippen LogP contribution in [0.2, 0.25) is 0 Å². The molecule has 34 heavy (non-hydrogen) atoms. The van der Waals surface area contributed by atoms with E-state index in [4.69, 9.17) is 28.7 Å². The highest BCUT2D eigenvalue weighted by atomic mass is 16.4. The van der Waals surface area contributed by atoms with E-state index < -0.39 is 48.4 Å². The first-order valence-electron chi connectivity index (χ1n) is 11.0. The number of hydrogen-bond acceptors (Lipinski definition) is 7. The van der Waals surface area contributed by atoms with Crippen molar-refractivity contribution in [2.45, 2.75) is 56.7 Å². The Bertz CT molecular complexity index is 779. The van der Waals surface area contributed by atoms with Gasteiger partial charge in [-0.3, -0.25) is 24.4 Å². The molecule has 1 rings (SSSR count). The predicted molar refractivity (Wildman–Crippen MR) is 125 cm³/mol. The summed E-state index contributed by atoms with van der Waals surface area (Å²) in [6, 6.07) is -2.80. The highest BCUT2D eigenvalue weighted by molar-refractivity contribution is 5.92. The highest BCUT2D eigenvalue weighted by Crippen LogP contribution is 2.17. The van der Waals surface area contributed by atoms with Crippen molar-refractivity contribution < 1.29 is 24.3 Å². The lowest BCUT2D eigenvalue weighted by Crippen LogP contribution is -2.53. The van der Waals surface area contributed by atoms with E-state index in [9.17, 15) is 24.3 Å². The van der Waals surface area contributed by atoms with Crippen molar-refractivity contribution in [2.24, 2.45) is 38.7 Å². The molecule has 0 aromatic rings. The molecule has 0 aromatic heterocycles. The maximum Gasteiger partial charge on any atom is 0.326 e. The minimum Gasteiger partial charge on any atom is -0.480 e. The van der Waals surface area contributed by atoms with Gasteiger partial charge in [0.1, 0.15) is 12.1 Å². The van der Waals surface area contributed by atoms with Crippen LogP contribution in [-0.2, 0) is 19.2 Å². The van der Waals surface area contributed by atoms with Crippen molar-refractivity contribution >= 4 is 35.6 Å². The van der Waals surface area contributed by atoms with Crippen LogP contribution in [0.4, 0.5) is 0 Å². The average Bonchev–Trinajstić information content (AvgIpc) is 3.26. The first-order chi connectivity index (χ1) is 16.0. The van der Waals surface area contributed by atoms with E-state index in [2.05, 4.69) is 20.6 Å². The molecular weight excluding hydrogens is 448 g/mol. The van der Waals surface area contributed by atoms with Crippen LogP contribution in [0.25, 0.3) is 0 Å². The lowest BCUT2D eigenvalue weighted by Gasteiger charge is -2.23. The standard InChI is InChI=1S/C19H36N10O5/c20-11(4-1-7-25-18(21)22)15(31)28-12(5-2-8-26-19(23)24)16(32)27-10-14(30)29-9-3-6-13(29)17(33)34/h11-13H,1-10,20H2,(H,27,32)(H,28,31)(H,33,34)(H4,21,22,25)(H4,23,24,26)/t11-,12-,13-/m0/s1. The van der Waals surface area contributed by atoms with Gasteiger partial charge in [-0.1, -0.05) is 0 Å². The number of guanidine groups is 2. The third kappa shape index (κ3) is 10.3. The normalized spacial score (nSPS) is 16.7. The summed E-state index contributed by atoms with van der Waals surface area (Å²) in [4.78, 5) is 57.8. The van der Waals surface area contributed by atoms with Crippen molar-refractivity contribution in [1.29, 1.82) is 0 Å². The SMILES string of the molecule is NC(N)=NCCC[C@H](NC(=O)[C@@H](N)CCCN=C(N)N)C(=O)NCC(=O)N1CCC[C@H]1C(=O)O. The second-order valence-electron chi connectivity index (χ2n) is 7.87. The molecule has 0 spiro atoms. The van der Waals surface area contributed by atoms with Crippen LogP contribution in [0.15, 0.2) is 9.98 Å². The zero-order valence-electron chi connectivity index (χ0n) is 19.1. The van der Waals surface area contributed by atoms with E-state index in [-0.39, 0.29) is 31.3 Å². The van der Waals surface area contributed by atoms with Gasteiger partial charge in [0, 0.05) is 19.6 Å². The first-order valence-corrected chi connectivity index (χ1v) is 11.0. The molecule has 1 aliphatic rings. The minimum atomic E-state index is -1.09. The Hall–Kier alpha value is -3.62. The monoisotopic (exact) mass is 484 g/mol. The van der Waals surface area contributed by atoms with Gasteiger partial charge in [-0.25, -0.2) is 4.79 Å². The molecule has 15 heteroatoms. The number of hydrogen-bond donors (Lipinski definition) is 8. The van der Waals surface area contributed by atoms with Crippen LogP contribution < -0.4 is 39.3 Å². The zero-order chi connectivity index (χ0) is 25.7. The molecule has 1 saturated heterocycles. The van der Waals surface area contributed by atoms with Crippen molar-refractivity contribution in [2.75, 3.05) is 26.2 Å². The number of carboxylic acid groups (broad SMARTS) is 1. The van der Waals surface area contributed by atoms with Crippen LogP contribution in [0, 0.1) is 0 Å². The molecule has 0 radical (unpaired) electrons. The van der Waals surface area contributed by atoms with Crippen LogP contribution in [0.1, 0.15) is 38.5 Å². The van der Waals surface area contributed by atoms with E-state index in [1.165, 1.54) is 4.90 Å². The van der Waals surface area contributed by atoms with Crippen molar-refractivity contribution in [3.63, 3.8) is 0 Å². The van der Waals surface area contributed by atoms with E-state index in [0.717, 1.165) is 0 Å². The Morgan fingerprint density at radius 3 is 2.12 bits per heavy atom. The van der Waals surface area contributed by atoms with Crippen molar-refractivity contribution in [3.05, 3.63) is 0 Å². The second-order valence-corrected chi connectivity index (χ2v) is 7.87. The fourth-order valence-corrected chi connectivity index (χ4v) is 3.41. The summed E-state index contributed by atoms with van der Waals surface area (Å²) in [5.41, 5.74) is 27.0. The minimum absolute atomic E-state index is 0.0614. The molecule has 3 atom stereocenters. The largest absolute Gasteiger partial charge is 0.480 e. The van der Waals surface area contributed by atoms with E-state index in [1.54, 1.807) is 0 Å². The molecule has 15 nitrogen and oxygen atoms in total. The predicted octanol–water partition coefficient (Wildman–Crippen LogP) is -3.90. The van der Waals surface area contributed by atoms with Crippen LogP contribution >= 0.6 is 0 Å². The van der Waals surface area contributed by atoms with Crippen LogP contribution in [0.5, 0.6) is 0 Å². The van der Waals surface area contributed by atoms with Gasteiger partial charge >= 0.3 is 5.97 Å². The molecule has 192 valence electrons. The molecule has 3 amide bonds. The summed E-state index contributed by atoms with van der Waals surface area (Å²) >= 11 is 0. The third-order valence-corrected chi connectivity index (χ3v) is 5.15. The van der Waals surface area contributed by atoms with Crippen molar-refractivity contribution in [3.8, 4) is 0 Å². The number of amides is 3. The van der Waals surface area contributed by atoms with E-state index >= 15 is 0 Å². The molecule has 0 aliphatic carbocycles. The number of carbonyl (C=O) groups is 4. The lowest BCUT2D eigenvalue weighted by atomic mass is 10.1. The Morgan fingerprint density at radius 2 is 1.56 bits per heavy atom. The summed E-state index contributed by atoms with van der Waals surface area (Å²) in [6.45, 7) is 0.452. The molecule has 0 unspecified atom stereocenters. The number of carbonyl (C=O) groups excluding carboxylic acids is 3. The Morgan fingerprint density at radius 1 is 0.971 bits per heavy atom. The third-order valence-electron chi connectivity index (χ3n) is 5.15. The average molecular weight is 485 g/mol. The summed E-state index contributed by atoms with van der Waals surface area (Å²) in [5, 5.41) is 14.3. The Balaban J connectivity index is 2.68. The first kappa shape index (κ1) is 28.4. The van der Waals surface area contributed by atoms with Gasteiger partial charge in [0.05, 0.1) is 12.6 Å². The number of aliphatic imine (C=N–C) groups is 2. The van der Waals surface area contributed by atoms with Gasteiger partial charge in [-0.05, 0) is 38.5 Å². The number of nitrogens with zero attached hydrogens (tertiary/aromatic N) is 3. The number of carboxylic acids is 1. The molecule has 0 saturated carbocycles. The molecule has 0 bridgehead atoms. The zero-order valence-corrected chi connectivity index (χ0v) is 19.1. The van der Waals surface area contributed by atoms with Gasteiger partial charge in [0.15, 0.2) is 11.9 Å². The molecule has 1 aliphatic heterocycles. The van der Waals surface area contributed by atoms with Gasteiger partial charge in [0.2, 0.25) is 17.7 Å². The fourth-order valence-electron chi connectivity index (χ4n) is 3.41. The van der Waals surface area contributed by atoms with E-state index in [1.807, 2.05) is 0 Å². The number of rotatable bonds is 14. The molecule has 0 aromatic carbocycles. The van der Waals surface area contributed by atoms with Gasteiger partial charge in [-0.15, -0.1) is 0 Å². The molecule has 13 N–H and O–H groups in total. The highest BCUT2D eigenvalue weighted by Gasteiger charge is 2.34. The summed E-state index contributed by atoms with van der Waals surface area (Å²) in [6.07, 6.45) is 2.24. The summed E-state index contributed by atoms with van der Waals surface area (Å²) in [7, 11) is 0. The number of nitrogens with two attached hydrogens (primary N) is 5. The van der Waals surface area contributed by atoms with Gasteiger partial charge in [-0.2, -0.15) is 0 Å². The lowest BCUT2D eigenvalue weighted by molar-refractivity contribution is -0.148.